The first-order valence-electron chi connectivity index (χ1n) is 10.4. The average molecular weight is 478 g/mol. The van der Waals surface area contributed by atoms with E-state index in [-0.39, 0.29) is 17.3 Å². The maximum absolute atomic E-state index is 12.5. The number of ether oxygens (including phenoxy) is 4. The Bertz CT molecular complexity index is 1300. The second kappa shape index (κ2) is 10.2. The maximum Gasteiger partial charge on any atom is 0.363 e. The van der Waals surface area contributed by atoms with Crippen LogP contribution >= 0.6 is 11.6 Å². The molecule has 0 aromatic heterocycles. The Kier molecular flexibility index (Phi) is 6.94. The summed E-state index contributed by atoms with van der Waals surface area (Å²) in [5.41, 5.74) is 1.73. The molecular weight excluding hydrogens is 458 g/mol. The fourth-order valence-electron chi connectivity index (χ4n) is 3.16. The van der Waals surface area contributed by atoms with Crippen LogP contribution in [-0.2, 0) is 9.53 Å². The molecule has 0 saturated carbocycles. The predicted molar refractivity (Wildman–Crippen MR) is 128 cm³/mol. The smallest absolute Gasteiger partial charge is 0.363 e. The number of carbonyl (C=O) groups excluding carboxylic acids is 2. The van der Waals surface area contributed by atoms with Gasteiger partial charge in [0.2, 0.25) is 5.90 Å². The third-order valence-corrected chi connectivity index (χ3v) is 5.04. The molecule has 0 radical (unpaired) electrons. The maximum atomic E-state index is 12.5. The summed E-state index contributed by atoms with van der Waals surface area (Å²) in [5.74, 6) is 0.290. The lowest BCUT2D eigenvalue weighted by atomic mass is 10.1. The quantitative estimate of drug-likeness (QED) is 0.260. The summed E-state index contributed by atoms with van der Waals surface area (Å²) in [4.78, 5) is 29.2. The summed E-state index contributed by atoms with van der Waals surface area (Å²) in [5, 5.41) is 0.520. The lowest BCUT2D eigenvalue weighted by molar-refractivity contribution is -0.129. The van der Waals surface area contributed by atoms with Crippen LogP contribution in [0.4, 0.5) is 0 Å². The van der Waals surface area contributed by atoms with Gasteiger partial charge in [0.15, 0.2) is 17.2 Å². The minimum absolute atomic E-state index is 0.131. The minimum atomic E-state index is -0.575. The van der Waals surface area contributed by atoms with Gasteiger partial charge in [-0.15, -0.1) is 0 Å². The van der Waals surface area contributed by atoms with Gasteiger partial charge < -0.3 is 18.9 Å². The van der Waals surface area contributed by atoms with Crippen LogP contribution in [0.5, 0.6) is 17.2 Å². The number of nitrogens with zero attached hydrogens (tertiary/aromatic N) is 1. The number of aliphatic imine (C=N–C) groups is 1. The van der Waals surface area contributed by atoms with Crippen LogP contribution < -0.4 is 14.2 Å². The van der Waals surface area contributed by atoms with Gasteiger partial charge in [-0.3, -0.25) is 0 Å². The van der Waals surface area contributed by atoms with Crippen molar-refractivity contribution in [1.82, 2.24) is 0 Å². The molecule has 34 heavy (non-hydrogen) atoms. The van der Waals surface area contributed by atoms with Crippen LogP contribution in [-0.4, -0.2) is 31.6 Å². The molecule has 7 nitrogen and oxygen atoms in total. The first-order chi connectivity index (χ1) is 16.5. The topological polar surface area (TPSA) is 83.4 Å². The largest absolute Gasteiger partial charge is 0.497 e. The van der Waals surface area contributed by atoms with Crippen molar-refractivity contribution in [3.05, 3.63) is 94.1 Å². The molecule has 0 N–H and O–H groups in total. The highest BCUT2D eigenvalue weighted by Crippen LogP contribution is 2.31. The number of rotatable bonds is 7. The van der Waals surface area contributed by atoms with Crippen molar-refractivity contribution in [3.8, 4) is 17.2 Å². The van der Waals surface area contributed by atoms with Crippen molar-refractivity contribution in [2.24, 2.45) is 4.99 Å². The van der Waals surface area contributed by atoms with Gasteiger partial charge in [-0.2, -0.15) is 0 Å². The lowest BCUT2D eigenvalue weighted by Gasteiger charge is -2.11. The van der Waals surface area contributed by atoms with Crippen LogP contribution in [0.3, 0.4) is 0 Å². The van der Waals surface area contributed by atoms with E-state index in [9.17, 15) is 9.59 Å². The molecule has 1 aliphatic heterocycles. The van der Waals surface area contributed by atoms with E-state index >= 15 is 0 Å². The zero-order valence-corrected chi connectivity index (χ0v) is 19.2. The first kappa shape index (κ1) is 23.1. The molecule has 0 unspecified atom stereocenters. The highest BCUT2D eigenvalue weighted by molar-refractivity contribution is 6.30. The summed E-state index contributed by atoms with van der Waals surface area (Å²) in [7, 11) is 1.55. The van der Waals surface area contributed by atoms with E-state index in [0.717, 1.165) is 0 Å². The number of carbonyl (C=O) groups is 2. The van der Waals surface area contributed by atoms with Crippen LogP contribution in [0, 0.1) is 0 Å². The Morgan fingerprint density at radius 1 is 1.06 bits per heavy atom. The normalized spacial score (nSPS) is 13.9. The molecule has 0 saturated heterocycles. The predicted octanol–water partition coefficient (Wildman–Crippen LogP) is 5.31. The van der Waals surface area contributed by atoms with Crippen LogP contribution in [0.25, 0.3) is 6.08 Å². The van der Waals surface area contributed by atoms with Crippen molar-refractivity contribution >= 4 is 35.5 Å². The van der Waals surface area contributed by atoms with Gasteiger partial charge in [-0.1, -0.05) is 23.7 Å². The van der Waals surface area contributed by atoms with Crippen LogP contribution in [0.2, 0.25) is 5.02 Å². The van der Waals surface area contributed by atoms with Crippen molar-refractivity contribution in [2.75, 3.05) is 13.7 Å². The average Bonchev–Trinajstić information content (AvgIpc) is 3.21. The molecule has 8 heteroatoms. The monoisotopic (exact) mass is 477 g/mol. The second-order valence-corrected chi connectivity index (χ2v) is 7.54. The van der Waals surface area contributed by atoms with Crippen LogP contribution in [0.1, 0.15) is 28.4 Å². The molecule has 0 amide bonds. The third-order valence-electron chi connectivity index (χ3n) is 4.79. The van der Waals surface area contributed by atoms with Gasteiger partial charge in [-0.25, -0.2) is 14.6 Å². The molecule has 172 valence electrons. The van der Waals surface area contributed by atoms with Crippen molar-refractivity contribution < 1.29 is 28.5 Å². The highest BCUT2D eigenvalue weighted by atomic mass is 35.5. The fourth-order valence-corrected chi connectivity index (χ4v) is 3.28. The van der Waals surface area contributed by atoms with Gasteiger partial charge in [0, 0.05) is 10.6 Å². The number of benzene rings is 3. The van der Waals surface area contributed by atoms with Gasteiger partial charge in [0.1, 0.15) is 5.75 Å². The second-order valence-electron chi connectivity index (χ2n) is 7.10. The minimum Gasteiger partial charge on any atom is -0.497 e. The fraction of sp³-hybridized carbons (Fsp3) is 0.115. The van der Waals surface area contributed by atoms with E-state index in [4.69, 9.17) is 30.5 Å². The number of hydrogen-bond acceptors (Lipinski definition) is 7. The van der Waals surface area contributed by atoms with Gasteiger partial charge in [0.05, 0.1) is 19.3 Å². The highest BCUT2D eigenvalue weighted by Gasteiger charge is 2.24. The summed E-state index contributed by atoms with van der Waals surface area (Å²) in [6.45, 7) is 2.17. The Labute approximate surface area is 201 Å². The summed E-state index contributed by atoms with van der Waals surface area (Å²) in [6, 6.07) is 18.4. The molecule has 1 aliphatic rings. The Balaban J connectivity index is 1.59. The molecule has 0 bridgehead atoms. The summed E-state index contributed by atoms with van der Waals surface area (Å²) in [6.07, 6.45) is 1.57. The van der Waals surface area contributed by atoms with E-state index < -0.39 is 11.9 Å². The van der Waals surface area contributed by atoms with Crippen molar-refractivity contribution in [2.45, 2.75) is 6.92 Å². The standard InChI is InChI=1S/C26H20ClNO6/c1-3-32-23-14-16(7-12-22(23)33-25(29)17-8-10-19(27)11-9-17)13-21-26(30)34-24(28-21)18-5-4-6-20(15-18)31-2/h4-15H,3H2,1-2H3/b21-13-. The SMILES string of the molecule is CCOc1cc(/C=C2\N=C(c3cccc(OC)c3)OC2=O)ccc1OC(=O)c1ccc(Cl)cc1. The molecule has 0 atom stereocenters. The molecule has 3 aromatic rings. The zero-order valence-electron chi connectivity index (χ0n) is 18.4. The van der Waals surface area contributed by atoms with Crippen molar-refractivity contribution in [3.63, 3.8) is 0 Å². The Hall–Kier alpha value is -4.10. The molecule has 0 aliphatic carbocycles. The number of hydrogen-bond donors (Lipinski definition) is 0. The lowest BCUT2D eigenvalue weighted by Crippen LogP contribution is -2.09. The number of esters is 2. The summed E-state index contributed by atoms with van der Waals surface area (Å²) >= 11 is 5.87. The first-order valence-corrected chi connectivity index (χ1v) is 10.8. The molecular formula is C26H20ClNO6. The molecule has 0 spiro atoms. The van der Waals surface area contributed by atoms with Crippen molar-refractivity contribution in [1.29, 1.82) is 0 Å². The van der Waals surface area contributed by atoms with Gasteiger partial charge in [-0.05, 0) is 73.2 Å². The van der Waals surface area contributed by atoms with Crippen LogP contribution in [0.15, 0.2) is 77.4 Å². The molecule has 0 fully saturated rings. The van der Waals surface area contributed by atoms with E-state index in [2.05, 4.69) is 4.99 Å². The van der Waals surface area contributed by atoms with Gasteiger partial charge >= 0.3 is 11.9 Å². The van der Waals surface area contributed by atoms with E-state index in [1.54, 1.807) is 79.9 Å². The van der Waals surface area contributed by atoms with E-state index in [1.807, 2.05) is 6.92 Å². The molecule has 4 rings (SSSR count). The molecule has 1 heterocycles. The zero-order chi connectivity index (χ0) is 24.1. The number of cyclic esters (lactones) is 1. The Morgan fingerprint density at radius 3 is 2.59 bits per heavy atom. The van der Waals surface area contributed by atoms with E-state index in [1.165, 1.54) is 0 Å². The summed E-state index contributed by atoms with van der Waals surface area (Å²) < 4.78 is 21.7. The Morgan fingerprint density at radius 2 is 1.85 bits per heavy atom. The third kappa shape index (κ3) is 5.27. The van der Waals surface area contributed by atoms with E-state index in [0.29, 0.717) is 39.8 Å². The number of halogens is 1. The van der Waals surface area contributed by atoms with Gasteiger partial charge in [0.25, 0.3) is 0 Å². The molecule has 3 aromatic carbocycles. The number of methoxy groups -OCH3 is 1.